The largest absolute Gasteiger partial charge is 0.549 e. The highest BCUT2D eigenvalue weighted by atomic mass is 16.4. The fraction of sp³-hybridized carbons (Fsp3) is 0.125. The second kappa shape index (κ2) is 4.35. The highest BCUT2D eigenvalue weighted by Gasteiger charge is 2.04. The summed E-state index contributed by atoms with van der Waals surface area (Å²) in [6, 6.07) is 0. The minimum atomic E-state index is -1.13. The number of hydrogen-bond acceptors (Lipinski definition) is 3. The Bertz CT molecular complexity index is 237. The van der Waals surface area contributed by atoms with E-state index in [1.807, 2.05) is 0 Å². The summed E-state index contributed by atoms with van der Waals surface area (Å²) in [6.07, 6.45) is 6.88. The van der Waals surface area contributed by atoms with Crippen molar-refractivity contribution in [2.75, 3.05) is 0 Å². The van der Waals surface area contributed by atoms with Gasteiger partial charge in [0.05, 0.1) is 12.2 Å². The predicted molar refractivity (Wildman–Crippen MR) is 43.5 cm³/mol. The summed E-state index contributed by atoms with van der Waals surface area (Å²) in [4.78, 5) is 10.3. The van der Waals surface area contributed by atoms with Gasteiger partial charge < -0.3 is 21.2 Å². The van der Waals surface area contributed by atoms with Crippen LogP contribution in [0, 0.1) is 5.92 Å². The van der Waals surface area contributed by atoms with Crippen molar-refractivity contribution in [2.24, 2.45) is 5.92 Å². The average molecular weight is 169 g/mol. The van der Waals surface area contributed by atoms with Crippen molar-refractivity contribution < 1.29 is 15.0 Å². The molecule has 4 nitrogen and oxygen atoms in total. The minimum absolute atomic E-state index is 0. The van der Waals surface area contributed by atoms with Crippen LogP contribution in [-0.4, -0.2) is 11.1 Å². The van der Waals surface area contributed by atoms with Crippen molar-refractivity contribution >= 4 is 5.97 Å². The zero-order valence-corrected chi connectivity index (χ0v) is 6.73. The molecule has 0 unspecified atom stereocenters. The number of carboxylic acid groups (broad SMARTS) is 1. The number of aliphatic carboxylic acids is 1. The number of quaternary nitrogens is 1. The first-order valence-electron chi connectivity index (χ1n) is 3.15. The number of hydrogen-bond donors (Lipinski definition) is 2. The summed E-state index contributed by atoms with van der Waals surface area (Å²) >= 11 is 0. The monoisotopic (exact) mass is 169 g/mol. The van der Waals surface area contributed by atoms with Crippen LogP contribution in [0.1, 0.15) is 0 Å². The SMILES string of the molecule is O=C([O-])C1C=CC(=CO)C=C1.[NH4+]. The Hall–Kier alpha value is -1.55. The Kier molecular flexibility index (Phi) is 3.79. The van der Waals surface area contributed by atoms with Crippen molar-refractivity contribution in [1.29, 1.82) is 0 Å². The van der Waals surface area contributed by atoms with E-state index in [1.165, 1.54) is 24.3 Å². The standard InChI is InChI=1S/C8H8O3.H3N/c9-5-6-1-3-7(4-2-6)8(10)11;/h1-5,7,9H,(H,10,11);1H3. The third-order valence-electron chi connectivity index (χ3n) is 1.41. The zero-order valence-electron chi connectivity index (χ0n) is 6.73. The van der Waals surface area contributed by atoms with Crippen LogP contribution in [0.2, 0.25) is 0 Å². The molecule has 12 heavy (non-hydrogen) atoms. The second-order valence-corrected chi connectivity index (χ2v) is 2.19. The third-order valence-corrected chi connectivity index (χ3v) is 1.41. The van der Waals surface area contributed by atoms with E-state index >= 15 is 0 Å². The molecule has 5 N–H and O–H groups in total. The molecule has 0 amide bonds. The lowest BCUT2D eigenvalue weighted by molar-refractivity contribution is -0.308. The first-order valence-corrected chi connectivity index (χ1v) is 3.15. The third kappa shape index (κ3) is 2.25. The van der Waals surface area contributed by atoms with Gasteiger partial charge in [-0.1, -0.05) is 24.3 Å². The van der Waals surface area contributed by atoms with Crippen LogP contribution >= 0.6 is 0 Å². The number of aliphatic hydroxyl groups excluding tert-OH is 1. The lowest BCUT2D eigenvalue weighted by Crippen LogP contribution is -2.29. The van der Waals surface area contributed by atoms with Gasteiger partial charge in [0.25, 0.3) is 0 Å². The maximum atomic E-state index is 10.3. The van der Waals surface area contributed by atoms with Gasteiger partial charge in [-0.2, -0.15) is 0 Å². The predicted octanol–water partition coefficient (Wildman–Crippen LogP) is 0.297. The van der Waals surface area contributed by atoms with E-state index in [4.69, 9.17) is 5.11 Å². The van der Waals surface area contributed by atoms with Crippen molar-refractivity contribution in [3.63, 3.8) is 0 Å². The molecule has 0 bridgehead atoms. The molecule has 1 aliphatic rings. The van der Waals surface area contributed by atoms with E-state index in [0.29, 0.717) is 5.57 Å². The number of carbonyl (C=O) groups is 1. The van der Waals surface area contributed by atoms with Gasteiger partial charge in [0, 0.05) is 11.5 Å². The molecule has 4 heteroatoms. The molecule has 0 spiro atoms. The highest BCUT2D eigenvalue weighted by molar-refractivity contribution is 5.73. The summed E-state index contributed by atoms with van der Waals surface area (Å²) in [5.41, 5.74) is 0.586. The molecule has 0 aromatic rings. The summed E-state index contributed by atoms with van der Waals surface area (Å²) in [5, 5.41) is 18.7. The maximum absolute atomic E-state index is 10.3. The molecule has 0 aliphatic heterocycles. The van der Waals surface area contributed by atoms with Gasteiger partial charge in [0.2, 0.25) is 0 Å². The zero-order chi connectivity index (χ0) is 8.27. The molecule has 1 rings (SSSR count). The Balaban J connectivity index is 0.00000121. The summed E-state index contributed by atoms with van der Waals surface area (Å²) in [5.74, 6) is -1.80. The summed E-state index contributed by atoms with van der Waals surface area (Å²) < 4.78 is 0. The second-order valence-electron chi connectivity index (χ2n) is 2.19. The molecule has 66 valence electrons. The summed E-state index contributed by atoms with van der Waals surface area (Å²) in [6.45, 7) is 0. The van der Waals surface area contributed by atoms with Crippen LogP contribution in [0.5, 0.6) is 0 Å². The van der Waals surface area contributed by atoms with Crippen LogP contribution in [0.3, 0.4) is 0 Å². The van der Waals surface area contributed by atoms with Crippen LogP contribution in [-0.2, 0) is 4.79 Å². The molecule has 0 saturated carbocycles. The molecule has 0 saturated heterocycles. The van der Waals surface area contributed by atoms with Gasteiger partial charge >= 0.3 is 0 Å². The van der Waals surface area contributed by atoms with E-state index in [-0.39, 0.29) is 6.15 Å². The van der Waals surface area contributed by atoms with Crippen LogP contribution in [0.25, 0.3) is 0 Å². The number of aliphatic hydroxyl groups is 1. The Labute approximate surface area is 70.1 Å². The molecule has 0 heterocycles. The Morgan fingerprint density at radius 2 is 2.00 bits per heavy atom. The Morgan fingerprint density at radius 3 is 2.33 bits per heavy atom. The van der Waals surface area contributed by atoms with Gasteiger partial charge in [0.1, 0.15) is 0 Å². The number of carboxylic acids is 1. The molecule has 0 atom stereocenters. The topological polar surface area (TPSA) is 96.9 Å². The van der Waals surface area contributed by atoms with Gasteiger partial charge in [-0.05, 0) is 0 Å². The number of carbonyl (C=O) groups excluding carboxylic acids is 1. The van der Waals surface area contributed by atoms with Crippen molar-refractivity contribution in [1.82, 2.24) is 6.15 Å². The Morgan fingerprint density at radius 1 is 1.50 bits per heavy atom. The quantitative estimate of drug-likeness (QED) is 0.552. The van der Waals surface area contributed by atoms with Crippen molar-refractivity contribution in [3.05, 3.63) is 36.1 Å². The van der Waals surface area contributed by atoms with E-state index in [0.717, 1.165) is 6.26 Å². The van der Waals surface area contributed by atoms with Crippen LogP contribution in [0.4, 0.5) is 0 Å². The normalized spacial score (nSPS) is 20.0. The smallest absolute Gasteiger partial charge is 0.0863 e. The lowest BCUT2D eigenvalue weighted by Gasteiger charge is -2.11. The molecule has 0 aromatic carbocycles. The van der Waals surface area contributed by atoms with Crippen LogP contribution < -0.4 is 11.3 Å². The van der Waals surface area contributed by atoms with Crippen molar-refractivity contribution in [2.45, 2.75) is 0 Å². The van der Waals surface area contributed by atoms with Crippen LogP contribution in [0.15, 0.2) is 36.1 Å². The average Bonchev–Trinajstić information content (AvgIpc) is 2.05. The lowest BCUT2D eigenvalue weighted by atomic mass is 10.0. The molecular formula is C8H11NO3. The maximum Gasteiger partial charge on any atom is 0.0863 e. The highest BCUT2D eigenvalue weighted by Crippen LogP contribution is 2.12. The van der Waals surface area contributed by atoms with Crippen molar-refractivity contribution in [3.8, 4) is 0 Å². The van der Waals surface area contributed by atoms with E-state index in [1.54, 1.807) is 0 Å². The fourth-order valence-corrected chi connectivity index (χ4v) is 0.792. The van der Waals surface area contributed by atoms with E-state index in [2.05, 4.69) is 0 Å². The van der Waals surface area contributed by atoms with Gasteiger partial charge in [0.15, 0.2) is 0 Å². The summed E-state index contributed by atoms with van der Waals surface area (Å²) in [7, 11) is 0. The van der Waals surface area contributed by atoms with Gasteiger partial charge in [-0.15, -0.1) is 0 Å². The first-order chi connectivity index (χ1) is 5.24. The van der Waals surface area contributed by atoms with Gasteiger partial charge in [-0.25, -0.2) is 0 Å². The number of allylic oxidation sites excluding steroid dienone is 3. The van der Waals surface area contributed by atoms with Gasteiger partial charge in [-0.3, -0.25) is 0 Å². The molecule has 0 aromatic heterocycles. The van der Waals surface area contributed by atoms with E-state index in [9.17, 15) is 9.90 Å². The first kappa shape index (κ1) is 10.4. The molecule has 0 fully saturated rings. The molecule has 0 radical (unpaired) electrons. The minimum Gasteiger partial charge on any atom is -0.549 e. The van der Waals surface area contributed by atoms with E-state index < -0.39 is 11.9 Å². The fourth-order valence-electron chi connectivity index (χ4n) is 0.792. The molecular weight excluding hydrogens is 158 g/mol. The molecule has 1 aliphatic carbocycles. The number of rotatable bonds is 1.